The normalized spacial score (nSPS) is 19.2. The fourth-order valence-electron chi connectivity index (χ4n) is 2.10. The maximum Gasteiger partial charge on any atom is 0.311 e. The van der Waals surface area contributed by atoms with Gasteiger partial charge in [0.25, 0.3) is 0 Å². The van der Waals surface area contributed by atoms with Crippen LogP contribution in [0.25, 0.3) is 0 Å². The van der Waals surface area contributed by atoms with Crippen molar-refractivity contribution in [2.75, 3.05) is 18.6 Å². The molecule has 0 aliphatic carbocycles. The second kappa shape index (κ2) is 5.10. The Kier molecular flexibility index (Phi) is 3.71. The van der Waals surface area contributed by atoms with Crippen molar-refractivity contribution in [3.63, 3.8) is 0 Å². The fraction of sp³-hybridized carbons (Fsp3) is 0.385. The van der Waals surface area contributed by atoms with Gasteiger partial charge in [-0.1, -0.05) is 6.07 Å². The largest absolute Gasteiger partial charge is 0.469 e. The molecule has 4 nitrogen and oxygen atoms in total. The highest BCUT2D eigenvalue weighted by Gasteiger charge is 2.36. The molecule has 1 fully saturated rings. The lowest BCUT2D eigenvalue weighted by Crippen LogP contribution is -2.26. The summed E-state index contributed by atoms with van der Waals surface area (Å²) in [6.45, 7) is 2.37. The lowest BCUT2D eigenvalue weighted by molar-refractivity contribution is -0.145. The van der Waals surface area contributed by atoms with Gasteiger partial charge >= 0.3 is 5.97 Å². The van der Waals surface area contributed by atoms with Crippen molar-refractivity contribution < 1.29 is 14.3 Å². The number of nitrogens with zero attached hydrogens (tertiary/aromatic N) is 1. The number of benzene rings is 1. The molecule has 1 aromatic rings. The second-order valence-electron chi connectivity index (χ2n) is 4.38. The van der Waals surface area contributed by atoms with Crippen molar-refractivity contribution in [2.24, 2.45) is 5.92 Å². The lowest BCUT2D eigenvalue weighted by Gasteiger charge is -2.18. The van der Waals surface area contributed by atoms with E-state index in [1.807, 2.05) is 25.1 Å². The molecule has 1 unspecified atom stereocenters. The molecule has 1 aromatic carbocycles. The molecule has 2 rings (SSSR count). The standard InChI is InChI=1S/C13H14BrNO3/c1-8-3-4-11(10(14)5-8)15-7-9(6-12(15)16)13(17)18-2/h3-5,9H,6-7H2,1-2H3. The molecule has 0 bridgehead atoms. The molecule has 1 aliphatic rings. The zero-order valence-electron chi connectivity index (χ0n) is 10.3. The van der Waals surface area contributed by atoms with Crippen LogP contribution in [0.1, 0.15) is 12.0 Å². The predicted octanol–water partition coefficient (Wildman–Crippen LogP) is 2.28. The number of aryl methyl sites for hydroxylation is 1. The van der Waals surface area contributed by atoms with E-state index in [0.717, 1.165) is 15.7 Å². The summed E-state index contributed by atoms with van der Waals surface area (Å²) < 4.78 is 5.55. The first-order chi connectivity index (χ1) is 8.52. The van der Waals surface area contributed by atoms with Crippen molar-refractivity contribution in [3.8, 4) is 0 Å². The first-order valence-corrected chi connectivity index (χ1v) is 6.46. The van der Waals surface area contributed by atoms with E-state index in [9.17, 15) is 9.59 Å². The third-order valence-electron chi connectivity index (χ3n) is 3.05. The summed E-state index contributed by atoms with van der Waals surface area (Å²) in [6.07, 6.45) is 0.215. The summed E-state index contributed by atoms with van der Waals surface area (Å²) >= 11 is 3.45. The van der Waals surface area contributed by atoms with Gasteiger partial charge in [-0.25, -0.2) is 0 Å². The number of ether oxygens (including phenoxy) is 1. The third kappa shape index (κ3) is 2.41. The Bertz CT molecular complexity index is 501. The third-order valence-corrected chi connectivity index (χ3v) is 3.69. The number of halogens is 1. The summed E-state index contributed by atoms with van der Waals surface area (Å²) in [7, 11) is 1.34. The summed E-state index contributed by atoms with van der Waals surface area (Å²) in [5.74, 6) is -0.736. The number of methoxy groups -OCH3 is 1. The van der Waals surface area contributed by atoms with Crippen molar-refractivity contribution in [1.82, 2.24) is 0 Å². The molecule has 1 amide bonds. The van der Waals surface area contributed by atoms with E-state index < -0.39 is 0 Å². The lowest BCUT2D eigenvalue weighted by atomic mass is 10.1. The minimum Gasteiger partial charge on any atom is -0.469 e. The molecule has 0 radical (unpaired) electrons. The molecule has 0 aromatic heterocycles. The highest BCUT2D eigenvalue weighted by molar-refractivity contribution is 9.10. The highest BCUT2D eigenvalue weighted by Crippen LogP contribution is 2.32. The number of rotatable bonds is 2. The minimum atomic E-state index is -0.365. The SMILES string of the molecule is COC(=O)C1CC(=O)N(c2ccc(C)cc2Br)C1. The van der Waals surface area contributed by atoms with Gasteiger partial charge in [0.1, 0.15) is 0 Å². The number of hydrogen-bond acceptors (Lipinski definition) is 3. The van der Waals surface area contributed by atoms with Gasteiger partial charge in [-0.2, -0.15) is 0 Å². The number of carbonyl (C=O) groups excluding carboxylic acids is 2. The maximum absolute atomic E-state index is 11.9. The number of carbonyl (C=O) groups is 2. The summed E-state index contributed by atoms with van der Waals surface area (Å²) in [4.78, 5) is 25.0. The summed E-state index contributed by atoms with van der Waals surface area (Å²) in [6, 6.07) is 5.78. The Balaban J connectivity index is 2.24. The van der Waals surface area contributed by atoms with Crippen LogP contribution >= 0.6 is 15.9 Å². The van der Waals surface area contributed by atoms with Gasteiger partial charge in [-0.05, 0) is 40.5 Å². The molecular weight excluding hydrogens is 298 g/mol. The Labute approximate surface area is 114 Å². The van der Waals surface area contributed by atoms with Crippen LogP contribution in [-0.4, -0.2) is 25.5 Å². The molecule has 1 heterocycles. The van der Waals surface area contributed by atoms with Crippen LogP contribution in [0, 0.1) is 12.8 Å². The number of hydrogen-bond donors (Lipinski definition) is 0. The fourth-order valence-corrected chi connectivity index (χ4v) is 2.80. The summed E-state index contributed by atoms with van der Waals surface area (Å²) in [5, 5.41) is 0. The molecule has 18 heavy (non-hydrogen) atoms. The molecule has 96 valence electrons. The minimum absolute atomic E-state index is 0.0463. The van der Waals surface area contributed by atoms with Gasteiger partial charge in [0.2, 0.25) is 5.91 Å². The number of anilines is 1. The smallest absolute Gasteiger partial charge is 0.311 e. The van der Waals surface area contributed by atoms with Crippen LogP contribution in [0.3, 0.4) is 0 Å². The zero-order valence-corrected chi connectivity index (χ0v) is 11.9. The molecule has 0 N–H and O–H groups in total. The average Bonchev–Trinajstić information content (AvgIpc) is 2.70. The second-order valence-corrected chi connectivity index (χ2v) is 5.24. The van der Waals surface area contributed by atoms with E-state index in [1.54, 1.807) is 4.90 Å². The maximum atomic E-state index is 11.9. The monoisotopic (exact) mass is 311 g/mol. The van der Waals surface area contributed by atoms with E-state index in [4.69, 9.17) is 0 Å². The Morgan fingerprint density at radius 3 is 2.83 bits per heavy atom. The van der Waals surface area contributed by atoms with Crippen molar-refractivity contribution in [1.29, 1.82) is 0 Å². The molecule has 1 atom stereocenters. The first kappa shape index (κ1) is 13.1. The van der Waals surface area contributed by atoms with Crippen LogP contribution in [0.15, 0.2) is 22.7 Å². The Morgan fingerprint density at radius 1 is 1.50 bits per heavy atom. The molecule has 0 saturated carbocycles. The van der Waals surface area contributed by atoms with E-state index in [1.165, 1.54) is 7.11 Å². The average molecular weight is 312 g/mol. The van der Waals surface area contributed by atoms with E-state index in [2.05, 4.69) is 20.7 Å². The van der Waals surface area contributed by atoms with Gasteiger partial charge < -0.3 is 9.64 Å². The van der Waals surface area contributed by atoms with Crippen LogP contribution < -0.4 is 4.90 Å². The van der Waals surface area contributed by atoms with E-state index in [-0.39, 0.29) is 24.2 Å². The van der Waals surface area contributed by atoms with Crippen LogP contribution in [0.5, 0.6) is 0 Å². The zero-order chi connectivity index (χ0) is 13.3. The van der Waals surface area contributed by atoms with Crippen molar-refractivity contribution in [3.05, 3.63) is 28.2 Å². The number of amides is 1. The van der Waals surface area contributed by atoms with Crippen LogP contribution in [-0.2, 0) is 14.3 Å². The van der Waals surface area contributed by atoms with Crippen molar-refractivity contribution in [2.45, 2.75) is 13.3 Å². The highest BCUT2D eigenvalue weighted by atomic mass is 79.9. The molecular formula is C13H14BrNO3. The van der Waals surface area contributed by atoms with Gasteiger partial charge in [-0.3, -0.25) is 9.59 Å². The van der Waals surface area contributed by atoms with Crippen molar-refractivity contribution >= 4 is 33.5 Å². The number of esters is 1. The Hall–Kier alpha value is -1.36. The van der Waals surface area contributed by atoms with Crippen LogP contribution in [0.4, 0.5) is 5.69 Å². The summed E-state index contributed by atoms with van der Waals surface area (Å²) in [5.41, 5.74) is 1.92. The quantitative estimate of drug-likeness (QED) is 0.787. The topological polar surface area (TPSA) is 46.6 Å². The van der Waals surface area contributed by atoms with Gasteiger partial charge in [0, 0.05) is 17.4 Å². The predicted molar refractivity (Wildman–Crippen MR) is 71.4 cm³/mol. The van der Waals surface area contributed by atoms with Gasteiger partial charge in [0.15, 0.2) is 0 Å². The molecule has 0 spiro atoms. The van der Waals surface area contributed by atoms with E-state index in [0.29, 0.717) is 6.54 Å². The van der Waals surface area contributed by atoms with E-state index >= 15 is 0 Å². The molecule has 5 heteroatoms. The van der Waals surface area contributed by atoms with Gasteiger partial charge in [0.05, 0.1) is 18.7 Å². The Morgan fingerprint density at radius 2 is 2.22 bits per heavy atom. The molecule has 1 saturated heterocycles. The first-order valence-electron chi connectivity index (χ1n) is 5.67. The molecule has 1 aliphatic heterocycles. The van der Waals surface area contributed by atoms with Crippen LogP contribution in [0.2, 0.25) is 0 Å². The van der Waals surface area contributed by atoms with Gasteiger partial charge in [-0.15, -0.1) is 0 Å².